The number of hydrogen-bond donors (Lipinski definition) is 1. The first-order valence-electron chi connectivity index (χ1n) is 10.8. The van der Waals surface area contributed by atoms with E-state index in [9.17, 15) is 18.4 Å². The molecule has 1 fully saturated rings. The number of rotatable bonds is 5. The van der Waals surface area contributed by atoms with Gasteiger partial charge in [0.1, 0.15) is 17.3 Å². The van der Waals surface area contributed by atoms with Crippen LogP contribution in [0.3, 0.4) is 0 Å². The van der Waals surface area contributed by atoms with Crippen molar-refractivity contribution >= 4 is 11.8 Å². The SMILES string of the molecule is CC[C@@H](NC(=O)c1cc(C(=O)N2CCCC2C)n2c1COCC2)c1ccc(F)cc1F. The van der Waals surface area contributed by atoms with Gasteiger partial charge in [-0.15, -0.1) is 0 Å². The number of nitrogens with zero attached hydrogens (tertiary/aromatic N) is 2. The Morgan fingerprint density at radius 1 is 1.26 bits per heavy atom. The van der Waals surface area contributed by atoms with Crippen LogP contribution in [0, 0.1) is 11.6 Å². The lowest BCUT2D eigenvalue weighted by atomic mass is 10.0. The zero-order valence-corrected chi connectivity index (χ0v) is 17.8. The number of likely N-dealkylation sites (tertiary alicyclic amines) is 1. The van der Waals surface area contributed by atoms with Crippen LogP contribution in [0.4, 0.5) is 8.78 Å². The summed E-state index contributed by atoms with van der Waals surface area (Å²) in [6.45, 7) is 5.75. The number of halogens is 2. The number of nitrogens with one attached hydrogen (secondary N) is 1. The van der Waals surface area contributed by atoms with Gasteiger partial charge in [-0.25, -0.2) is 8.78 Å². The van der Waals surface area contributed by atoms with Gasteiger partial charge in [-0.05, 0) is 38.3 Å². The summed E-state index contributed by atoms with van der Waals surface area (Å²) >= 11 is 0. The second-order valence-corrected chi connectivity index (χ2v) is 8.18. The number of fused-ring (bicyclic) bond motifs is 1. The molecule has 0 spiro atoms. The maximum Gasteiger partial charge on any atom is 0.270 e. The molecule has 2 atom stereocenters. The maximum atomic E-state index is 14.3. The van der Waals surface area contributed by atoms with Crippen LogP contribution in [0.25, 0.3) is 0 Å². The number of amides is 2. The van der Waals surface area contributed by atoms with Gasteiger partial charge in [0.15, 0.2) is 0 Å². The first-order chi connectivity index (χ1) is 14.9. The Labute approximate surface area is 180 Å². The van der Waals surface area contributed by atoms with E-state index in [2.05, 4.69) is 5.32 Å². The molecule has 8 heteroatoms. The highest BCUT2D eigenvalue weighted by Crippen LogP contribution is 2.27. The molecule has 2 amide bonds. The molecule has 0 aliphatic carbocycles. The number of ether oxygens (including phenoxy) is 1. The first kappa shape index (κ1) is 21.5. The molecule has 2 aliphatic heterocycles. The fourth-order valence-corrected chi connectivity index (χ4v) is 4.50. The minimum Gasteiger partial charge on any atom is -0.373 e. The highest BCUT2D eigenvalue weighted by atomic mass is 19.1. The van der Waals surface area contributed by atoms with Gasteiger partial charge < -0.3 is 19.5 Å². The molecule has 1 aromatic heterocycles. The Bertz CT molecular complexity index is 1000. The summed E-state index contributed by atoms with van der Waals surface area (Å²) in [6.07, 6.45) is 2.37. The van der Waals surface area contributed by atoms with Crippen molar-refractivity contribution in [2.45, 2.75) is 58.3 Å². The second-order valence-electron chi connectivity index (χ2n) is 8.18. The smallest absolute Gasteiger partial charge is 0.270 e. The van der Waals surface area contributed by atoms with Crippen LogP contribution in [-0.2, 0) is 17.9 Å². The monoisotopic (exact) mass is 431 g/mol. The van der Waals surface area contributed by atoms with E-state index in [0.717, 1.165) is 18.9 Å². The minimum atomic E-state index is -0.701. The predicted octanol–water partition coefficient (Wildman–Crippen LogP) is 3.80. The Balaban J connectivity index is 1.63. The fraction of sp³-hybridized carbons (Fsp3) is 0.478. The molecular weight excluding hydrogens is 404 g/mol. The van der Waals surface area contributed by atoms with Crippen molar-refractivity contribution in [1.82, 2.24) is 14.8 Å². The molecule has 3 heterocycles. The molecule has 1 unspecified atom stereocenters. The molecule has 6 nitrogen and oxygen atoms in total. The Morgan fingerprint density at radius 2 is 2.06 bits per heavy atom. The van der Waals surface area contributed by atoms with Crippen molar-refractivity contribution in [3.63, 3.8) is 0 Å². The molecular formula is C23H27F2N3O3. The largest absolute Gasteiger partial charge is 0.373 e. The van der Waals surface area contributed by atoms with Crippen LogP contribution >= 0.6 is 0 Å². The molecule has 2 aromatic rings. The summed E-state index contributed by atoms with van der Waals surface area (Å²) in [5, 5.41) is 2.85. The van der Waals surface area contributed by atoms with Crippen LogP contribution in [0.15, 0.2) is 24.3 Å². The van der Waals surface area contributed by atoms with Gasteiger partial charge in [0, 0.05) is 30.8 Å². The van der Waals surface area contributed by atoms with E-state index in [0.29, 0.717) is 43.1 Å². The van der Waals surface area contributed by atoms with Gasteiger partial charge in [-0.2, -0.15) is 0 Å². The van der Waals surface area contributed by atoms with Crippen LogP contribution in [0.1, 0.15) is 71.3 Å². The molecule has 1 saturated heterocycles. The van der Waals surface area contributed by atoms with Gasteiger partial charge in [0.25, 0.3) is 11.8 Å². The Hall–Kier alpha value is -2.74. The Morgan fingerprint density at radius 3 is 2.74 bits per heavy atom. The third kappa shape index (κ3) is 4.08. The highest BCUT2D eigenvalue weighted by molar-refractivity contribution is 6.01. The number of carbonyl (C=O) groups is 2. The van der Waals surface area contributed by atoms with E-state index in [4.69, 9.17) is 4.74 Å². The highest BCUT2D eigenvalue weighted by Gasteiger charge is 2.32. The van der Waals surface area contributed by atoms with E-state index < -0.39 is 23.6 Å². The fourth-order valence-electron chi connectivity index (χ4n) is 4.50. The summed E-state index contributed by atoms with van der Waals surface area (Å²) in [5.41, 5.74) is 1.71. The van der Waals surface area contributed by atoms with E-state index in [1.807, 2.05) is 23.3 Å². The van der Waals surface area contributed by atoms with Crippen molar-refractivity contribution in [2.75, 3.05) is 13.2 Å². The topological polar surface area (TPSA) is 63.6 Å². The third-order valence-corrected chi connectivity index (χ3v) is 6.24. The third-order valence-electron chi connectivity index (χ3n) is 6.24. The number of hydrogen-bond acceptors (Lipinski definition) is 3. The van der Waals surface area contributed by atoms with Crippen LogP contribution in [0.2, 0.25) is 0 Å². The molecule has 0 saturated carbocycles. The van der Waals surface area contributed by atoms with Gasteiger partial charge >= 0.3 is 0 Å². The van der Waals surface area contributed by atoms with Gasteiger partial charge in [0.05, 0.1) is 30.5 Å². The van der Waals surface area contributed by atoms with Gasteiger partial charge in [-0.3, -0.25) is 9.59 Å². The van der Waals surface area contributed by atoms with Crippen molar-refractivity contribution in [1.29, 1.82) is 0 Å². The summed E-state index contributed by atoms with van der Waals surface area (Å²) < 4.78 is 35.0. The lowest BCUT2D eigenvalue weighted by molar-refractivity contribution is 0.0683. The molecule has 31 heavy (non-hydrogen) atoms. The molecule has 0 radical (unpaired) electrons. The summed E-state index contributed by atoms with van der Waals surface area (Å²) in [4.78, 5) is 28.2. The first-order valence-corrected chi connectivity index (χ1v) is 10.8. The minimum absolute atomic E-state index is 0.0798. The molecule has 4 rings (SSSR count). The van der Waals surface area contributed by atoms with Crippen molar-refractivity contribution in [2.24, 2.45) is 0 Å². The van der Waals surface area contributed by atoms with Crippen LogP contribution in [0.5, 0.6) is 0 Å². The van der Waals surface area contributed by atoms with E-state index in [-0.39, 0.29) is 24.1 Å². The van der Waals surface area contributed by atoms with E-state index in [1.54, 1.807) is 6.07 Å². The molecule has 2 aliphatic rings. The van der Waals surface area contributed by atoms with E-state index >= 15 is 0 Å². The normalized spacial score (nSPS) is 19.2. The second kappa shape index (κ2) is 8.78. The van der Waals surface area contributed by atoms with Crippen molar-refractivity contribution in [3.8, 4) is 0 Å². The van der Waals surface area contributed by atoms with Gasteiger partial charge in [-0.1, -0.05) is 13.0 Å². The molecule has 166 valence electrons. The van der Waals surface area contributed by atoms with Crippen molar-refractivity contribution in [3.05, 3.63) is 58.4 Å². The number of carbonyl (C=O) groups excluding carboxylic acids is 2. The van der Waals surface area contributed by atoms with Crippen molar-refractivity contribution < 1.29 is 23.1 Å². The summed E-state index contributed by atoms with van der Waals surface area (Å²) in [7, 11) is 0. The lowest BCUT2D eigenvalue weighted by Crippen LogP contribution is -2.35. The van der Waals surface area contributed by atoms with E-state index in [1.165, 1.54) is 12.1 Å². The van der Waals surface area contributed by atoms with Crippen LogP contribution < -0.4 is 5.32 Å². The number of aromatic nitrogens is 1. The zero-order chi connectivity index (χ0) is 22.1. The maximum absolute atomic E-state index is 14.3. The summed E-state index contributed by atoms with van der Waals surface area (Å²) in [5.74, 6) is -1.85. The van der Waals surface area contributed by atoms with Crippen LogP contribution in [-0.4, -0.2) is 40.5 Å². The lowest BCUT2D eigenvalue weighted by Gasteiger charge is -2.24. The summed E-state index contributed by atoms with van der Waals surface area (Å²) in [6, 6.07) is 4.51. The predicted molar refractivity (Wildman–Crippen MR) is 111 cm³/mol. The van der Waals surface area contributed by atoms with Gasteiger partial charge in [0.2, 0.25) is 0 Å². The zero-order valence-electron chi connectivity index (χ0n) is 17.8. The quantitative estimate of drug-likeness (QED) is 0.783. The standard InChI is InChI=1S/C23H27F2N3O3/c1-3-19(16-7-6-15(24)11-18(16)25)26-22(29)17-12-20(28-9-10-31-13-21(17)28)23(30)27-8-4-5-14(27)2/h6-7,11-12,14,19H,3-5,8-10,13H2,1-2H3,(H,26,29)/t14?,19-/m1/s1. The number of benzene rings is 1. The molecule has 1 N–H and O–H groups in total. The molecule has 0 bridgehead atoms. The average molecular weight is 431 g/mol. The Kier molecular flexibility index (Phi) is 6.09. The average Bonchev–Trinajstić information content (AvgIpc) is 3.36. The molecule has 1 aromatic carbocycles.